The fourth-order valence-corrected chi connectivity index (χ4v) is 6.68. The molecule has 0 unspecified atom stereocenters. The van der Waals surface area contributed by atoms with Gasteiger partial charge in [-0.05, 0) is 61.4 Å². The second kappa shape index (κ2) is 10.1. The number of pyridine rings is 1. The van der Waals surface area contributed by atoms with Crippen molar-refractivity contribution in [2.45, 2.75) is 52.9 Å². The summed E-state index contributed by atoms with van der Waals surface area (Å²) in [5.74, 6) is -0.343. The predicted molar refractivity (Wildman–Crippen MR) is 151 cm³/mol. The zero-order valence-electron chi connectivity index (χ0n) is 22.5. The van der Waals surface area contributed by atoms with E-state index in [0.717, 1.165) is 20.1 Å². The highest BCUT2D eigenvalue weighted by Gasteiger charge is 2.34. The molecule has 38 heavy (non-hydrogen) atoms. The molecule has 0 atom stereocenters. The van der Waals surface area contributed by atoms with Crippen LogP contribution in [0.4, 0.5) is 0 Å². The summed E-state index contributed by atoms with van der Waals surface area (Å²) in [6, 6.07) is 17.5. The zero-order valence-corrected chi connectivity index (χ0v) is 24.1. The summed E-state index contributed by atoms with van der Waals surface area (Å²) in [7, 11) is -4.02. The van der Waals surface area contributed by atoms with Crippen LogP contribution in [0.25, 0.3) is 10.6 Å². The van der Waals surface area contributed by atoms with E-state index < -0.39 is 20.9 Å². The van der Waals surface area contributed by atoms with Gasteiger partial charge in [-0.1, -0.05) is 58.4 Å². The minimum absolute atomic E-state index is 0.0532. The second-order valence-corrected chi connectivity index (χ2v) is 14.1. The number of benzene rings is 1. The van der Waals surface area contributed by atoms with Crippen molar-refractivity contribution >= 4 is 32.9 Å². The number of carbonyl (C=O) groups excluding carboxylic acids is 2. The molecule has 0 spiro atoms. The van der Waals surface area contributed by atoms with Crippen LogP contribution in [0.1, 0.15) is 65.9 Å². The third kappa shape index (κ3) is 5.56. The maximum atomic E-state index is 13.6. The number of nitrogens with zero attached hydrogens (tertiary/aromatic N) is 2. The van der Waals surface area contributed by atoms with Crippen LogP contribution >= 0.6 is 11.3 Å². The summed E-state index contributed by atoms with van der Waals surface area (Å²) < 4.78 is 28.3. The van der Waals surface area contributed by atoms with Crippen LogP contribution in [0.15, 0.2) is 78.0 Å². The Balaban J connectivity index is 1.70. The number of aryl methyl sites for hydroxylation is 1. The minimum Gasteiger partial charge on any atom is -0.293 e. The van der Waals surface area contributed by atoms with E-state index in [1.807, 2.05) is 45.0 Å². The normalized spacial score (nSPS) is 12.5. The Hall–Kier alpha value is -3.36. The molecule has 0 aliphatic carbocycles. The van der Waals surface area contributed by atoms with Crippen molar-refractivity contribution in [2.75, 3.05) is 0 Å². The zero-order chi connectivity index (χ0) is 27.9. The largest absolute Gasteiger partial charge is 0.293 e. The fourth-order valence-electron chi connectivity index (χ4n) is 4.20. The molecule has 198 valence electrons. The molecule has 3 heterocycles. The van der Waals surface area contributed by atoms with Crippen LogP contribution in [0.2, 0.25) is 0 Å². The smallest absolute Gasteiger partial charge is 0.268 e. The maximum absolute atomic E-state index is 13.6. The van der Waals surface area contributed by atoms with E-state index in [-0.39, 0.29) is 28.6 Å². The molecule has 0 N–H and O–H groups in total. The predicted octanol–water partition coefficient (Wildman–Crippen LogP) is 6.84. The summed E-state index contributed by atoms with van der Waals surface area (Å²) in [5.41, 5.74) is 0.799. The molecule has 0 radical (unpaired) electrons. The molecule has 4 rings (SSSR count). The van der Waals surface area contributed by atoms with Gasteiger partial charge in [0.05, 0.1) is 20.3 Å². The number of ketones is 2. The first-order chi connectivity index (χ1) is 17.7. The Bertz CT molecular complexity index is 1590. The van der Waals surface area contributed by atoms with Gasteiger partial charge in [-0.3, -0.25) is 14.6 Å². The molecule has 0 aliphatic heterocycles. The monoisotopic (exact) mass is 548 g/mol. The van der Waals surface area contributed by atoms with Crippen LogP contribution in [-0.2, 0) is 16.4 Å². The maximum Gasteiger partial charge on any atom is 0.268 e. The summed E-state index contributed by atoms with van der Waals surface area (Å²) in [6.07, 6.45) is 3.46. The first-order valence-corrected chi connectivity index (χ1v) is 14.6. The van der Waals surface area contributed by atoms with Crippen LogP contribution < -0.4 is 0 Å². The first-order valence-electron chi connectivity index (χ1n) is 12.3. The van der Waals surface area contributed by atoms with E-state index in [1.54, 1.807) is 63.4 Å². The molecular weight excluding hydrogens is 516 g/mol. The first kappa shape index (κ1) is 27.7. The van der Waals surface area contributed by atoms with Crippen molar-refractivity contribution in [2.24, 2.45) is 10.8 Å². The highest BCUT2D eigenvalue weighted by Crippen LogP contribution is 2.35. The SMILES string of the molecule is Cc1ccc(S(=O)(=O)n2cc(CC(C)(C)C(=O)c3ccc(-c4ccccn4)s3)cc2C(=O)C(C)(C)C)cc1. The summed E-state index contributed by atoms with van der Waals surface area (Å²) >= 11 is 1.38. The lowest BCUT2D eigenvalue weighted by Crippen LogP contribution is -2.26. The van der Waals surface area contributed by atoms with Crippen LogP contribution in [0.3, 0.4) is 0 Å². The van der Waals surface area contributed by atoms with Gasteiger partial charge >= 0.3 is 0 Å². The Labute approximate surface area is 228 Å². The molecule has 6 nitrogen and oxygen atoms in total. The molecular formula is C30H32N2O4S2. The Morgan fingerprint density at radius 1 is 0.921 bits per heavy atom. The van der Waals surface area contributed by atoms with E-state index >= 15 is 0 Å². The molecule has 0 fully saturated rings. The van der Waals surface area contributed by atoms with Gasteiger partial charge in [0.15, 0.2) is 11.6 Å². The van der Waals surface area contributed by atoms with Gasteiger partial charge < -0.3 is 0 Å². The van der Waals surface area contributed by atoms with Crippen molar-refractivity contribution in [1.82, 2.24) is 8.96 Å². The molecule has 8 heteroatoms. The summed E-state index contributed by atoms with van der Waals surface area (Å²) in [4.78, 5) is 32.9. The Morgan fingerprint density at radius 3 is 2.21 bits per heavy atom. The molecule has 0 aliphatic rings. The Kier molecular flexibility index (Phi) is 7.34. The van der Waals surface area contributed by atoms with Gasteiger partial charge in [-0.2, -0.15) is 0 Å². The number of thiophene rings is 1. The van der Waals surface area contributed by atoms with Crippen molar-refractivity contribution in [3.63, 3.8) is 0 Å². The highest BCUT2D eigenvalue weighted by molar-refractivity contribution is 7.90. The average Bonchev–Trinajstić information content (AvgIpc) is 3.51. The molecule has 0 amide bonds. The summed E-state index contributed by atoms with van der Waals surface area (Å²) in [6.45, 7) is 10.8. The fraction of sp³-hybridized carbons (Fsp3) is 0.300. The molecule has 0 saturated carbocycles. The quantitative estimate of drug-likeness (QED) is 0.225. The van der Waals surface area contributed by atoms with Crippen molar-refractivity contribution in [1.29, 1.82) is 0 Å². The van der Waals surface area contributed by atoms with E-state index in [9.17, 15) is 18.0 Å². The number of Topliss-reactive ketones (excluding diaryl/α,β-unsaturated/α-hetero) is 2. The van der Waals surface area contributed by atoms with Crippen LogP contribution in [0, 0.1) is 17.8 Å². The van der Waals surface area contributed by atoms with Crippen LogP contribution in [0.5, 0.6) is 0 Å². The van der Waals surface area contributed by atoms with E-state index in [4.69, 9.17) is 0 Å². The van der Waals surface area contributed by atoms with E-state index in [1.165, 1.54) is 17.5 Å². The second-order valence-electron chi connectivity index (χ2n) is 11.2. The van der Waals surface area contributed by atoms with Crippen molar-refractivity contribution in [3.05, 3.63) is 94.8 Å². The average molecular weight is 549 g/mol. The van der Waals surface area contributed by atoms with Crippen molar-refractivity contribution in [3.8, 4) is 10.6 Å². The molecule has 0 bridgehead atoms. The Morgan fingerprint density at radius 2 is 1.61 bits per heavy atom. The van der Waals surface area contributed by atoms with Crippen LogP contribution in [-0.4, -0.2) is 28.9 Å². The van der Waals surface area contributed by atoms with Gasteiger partial charge in [-0.15, -0.1) is 11.3 Å². The topological polar surface area (TPSA) is 86.1 Å². The third-order valence-corrected chi connectivity index (χ3v) is 9.14. The number of rotatable bonds is 8. The van der Waals surface area contributed by atoms with E-state index in [2.05, 4.69) is 4.98 Å². The van der Waals surface area contributed by atoms with E-state index in [0.29, 0.717) is 10.4 Å². The number of hydrogen-bond acceptors (Lipinski definition) is 6. The third-order valence-electron chi connectivity index (χ3n) is 6.34. The van der Waals surface area contributed by atoms with Crippen molar-refractivity contribution < 1.29 is 18.0 Å². The van der Waals surface area contributed by atoms with Gasteiger partial charge in [0, 0.05) is 23.2 Å². The highest BCUT2D eigenvalue weighted by atomic mass is 32.2. The lowest BCUT2D eigenvalue weighted by Gasteiger charge is -2.21. The van der Waals surface area contributed by atoms with Gasteiger partial charge in [-0.25, -0.2) is 12.4 Å². The van der Waals surface area contributed by atoms with Gasteiger partial charge in [0.1, 0.15) is 5.69 Å². The number of aromatic nitrogens is 2. The molecule has 0 saturated heterocycles. The lowest BCUT2D eigenvalue weighted by molar-refractivity contribution is 0.0841. The molecule has 3 aromatic heterocycles. The standard InChI is InChI=1S/C30H32N2O4S2/c1-20-10-12-22(13-11-20)38(35,36)32-19-21(17-24(32)27(33)29(2,3)4)18-30(5,6)28(34)26-15-14-25(37-26)23-9-7-8-16-31-23/h7-17,19H,18H2,1-6H3. The number of hydrogen-bond donors (Lipinski definition) is 0. The molecule has 1 aromatic carbocycles. The number of carbonyl (C=O) groups is 2. The lowest BCUT2D eigenvalue weighted by atomic mass is 9.81. The van der Waals surface area contributed by atoms with Gasteiger partial charge in [0.2, 0.25) is 0 Å². The summed E-state index contributed by atoms with van der Waals surface area (Å²) in [5, 5.41) is 0. The molecule has 4 aromatic rings. The minimum atomic E-state index is -4.02. The van der Waals surface area contributed by atoms with Gasteiger partial charge in [0.25, 0.3) is 10.0 Å².